The summed E-state index contributed by atoms with van der Waals surface area (Å²) in [5.74, 6) is -0.0404. The molecule has 0 unspecified atom stereocenters. The molecule has 1 aromatic carbocycles. The van der Waals surface area contributed by atoms with Crippen molar-refractivity contribution in [3.05, 3.63) is 24.3 Å². The van der Waals surface area contributed by atoms with Gasteiger partial charge in [-0.25, -0.2) is 8.42 Å². The Morgan fingerprint density at radius 2 is 1.75 bits per heavy atom. The Morgan fingerprint density at radius 1 is 1.12 bits per heavy atom. The number of anilines is 1. The summed E-state index contributed by atoms with van der Waals surface area (Å²) < 4.78 is 60.4. The molecule has 1 aromatic rings. The van der Waals surface area contributed by atoms with Gasteiger partial charge in [0.25, 0.3) is 9.84 Å². The van der Waals surface area contributed by atoms with Gasteiger partial charge in [-0.1, -0.05) is 6.92 Å². The summed E-state index contributed by atoms with van der Waals surface area (Å²) in [4.78, 5) is 14.9. The molecule has 0 N–H and O–H groups in total. The minimum Gasteiger partial charge on any atom is -0.362 e. The van der Waals surface area contributed by atoms with E-state index in [9.17, 15) is 26.4 Å². The highest BCUT2D eigenvalue weighted by Crippen LogP contribution is 2.31. The van der Waals surface area contributed by atoms with Crippen molar-refractivity contribution in [1.29, 1.82) is 0 Å². The molecule has 0 aromatic heterocycles. The third-order valence-electron chi connectivity index (χ3n) is 3.85. The molecule has 1 aliphatic rings. The smallest absolute Gasteiger partial charge is 0.362 e. The van der Waals surface area contributed by atoms with E-state index in [0.717, 1.165) is 25.0 Å². The Labute approximate surface area is 139 Å². The lowest BCUT2D eigenvalue weighted by Crippen LogP contribution is -2.37. The first-order chi connectivity index (χ1) is 11.2. The molecular formula is C15H19F3N2O3S. The monoisotopic (exact) mass is 364 g/mol. The first kappa shape index (κ1) is 18.6. The lowest BCUT2D eigenvalue weighted by Gasteiger charge is -2.23. The zero-order valence-electron chi connectivity index (χ0n) is 13.2. The molecule has 0 saturated carbocycles. The molecule has 1 fully saturated rings. The number of amides is 1. The van der Waals surface area contributed by atoms with E-state index < -0.39 is 20.2 Å². The Hall–Kier alpha value is -1.77. The molecule has 134 valence electrons. The van der Waals surface area contributed by atoms with E-state index >= 15 is 0 Å². The summed E-state index contributed by atoms with van der Waals surface area (Å²) in [5.41, 5.74) is -4.80. The van der Waals surface area contributed by atoms with E-state index in [1.807, 2.05) is 6.92 Å². The van der Waals surface area contributed by atoms with Crippen LogP contribution < -0.4 is 4.90 Å². The van der Waals surface area contributed by atoms with Crippen LogP contribution in [0.2, 0.25) is 0 Å². The van der Waals surface area contributed by atoms with Crippen molar-refractivity contribution in [2.45, 2.75) is 30.2 Å². The van der Waals surface area contributed by atoms with Crippen molar-refractivity contribution < 1.29 is 26.4 Å². The summed E-state index contributed by atoms with van der Waals surface area (Å²) in [7, 11) is -5.35. The number of hydrogen-bond donors (Lipinski definition) is 0. The van der Waals surface area contributed by atoms with Crippen LogP contribution in [-0.4, -0.2) is 50.9 Å². The number of alkyl halides is 3. The molecule has 0 spiro atoms. The third kappa shape index (κ3) is 3.82. The van der Waals surface area contributed by atoms with Crippen LogP contribution in [0, 0.1) is 0 Å². The molecular weight excluding hydrogens is 345 g/mol. The second kappa shape index (κ2) is 7.00. The van der Waals surface area contributed by atoms with Gasteiger partial charge in [-0.15, -0.1) is 0 Å². The van der Waals surface area contributed by atoms with Gasteiger partial charge in [0.05, 0.1) is 11.4 Å². The average Bonchev–Trinajstić information content (AvgIpc) is 2.69. The topological polar surface area (TPSA) is 57.7 Å². The second-order valence-corrected chi connectivity index (χ2v) is 7.54. The summed E-state index contributed by atoms with van der Waals surface area (Å²) >= 11 is 0. The van der Waals surface area contributed by atoms with Gasteiger partial charge in [0.2, 0.25) is 5.91 Å². The number of carbonyl (C=O) groups excluding carboxylic acids is 1. The molecule has 1 heterocycles. The van der Waals surface area contributed by atoms with Gasteiger partial charge in [-0.05, 0) is 37.1 Å². The van der Waals surface area contributed by atoms with Crippen molar-refractivity contribution in [2.24, 2.45) is 0 Å². The second-order valence-electron chi connectivity index (χ2n) is 5.60. The number of rotatable bonds is 4. The standard InChI is InChI=1S/C15H19F3N2O3S/c1-2-8-19-9-3-10-20(11-14(19)21)12-4-6-13(7-5-12)24(22,23)15(16,17)18/h4-7H,2-3,8-11H2,1H3. The normalized spacial score (nSPS) is 17.1. The van der Waals surface area contributed by atoms with Crippen LogP contribution >= 0.6 is 0 Å². The fraction of sp³-hybridized carbons (Fsp3) is 0.533. The summed E-state index contributed by atoms with van der Waals surface area (Å²) in [5, 5.41) is 0. The van der Waals surface area contributed by atoms with E-state index in [0.29, 0.717) is 25.3 Å². The highest BCUT2D eigenvalue weighted by Gasteiger charge is 2.46. The number of benzene rings is 1. The highest BCUT2D eigenvalue weighted by atomic mass is 32.2. The Kier molecular flexibility index (Phi) is 5.42. The molecule has 0 aliphatic carbocycles. The van der Waals surface area contributed by atoms with Gasteiger partial charge >= 0.3 is 5.51 Å². The molecule has 0 radical (unpaired) electrons. The molecule has 0 atom stereocenters. The molecule has 0 bridgehead atoms. The SMILES string of the molecule is CCCN1CCCN(c2ccc(S(=O)(=O)C(F)(F)F)cc2)CC1=O. The van der Waals surface area contributed by atoms with Gasteiger partial charge in [-0.2, -0.15) is 13.2 Å². The zero-order chi connectivity index (χ0) is 18.0. The summed E-state index contributed by atoms with van der Waals surface area (Å²) in [6.45, 7) is 4.01. The lowest BCUT2D eigenvalue weighted by molar-refractivity contribution is -0.129. The van der Waals surface area contributed by atoms with Gasteiger partial charge in [0.15, 0.2) is 0 Å². The van der Waals surface area contributed by atoms with E-state index in [-0.39, 0.29) is 12.5 Å². The van der Waals surface area contributed by atoms with Crippen LogP contribution in [-0.2, 0) is 14.6 Å². The molecule has 24 heavy (non-hydrogen) atoms. The largest absolute Gasteiger partial charge is 0.501 e. The zero-order valence-corrected chi connectivity index (χ0v) is 14.0. The van der Waals surface area contributed by atoms with E-state index in [1.165, 1.54) is 12.1 Å². The van der Waals surface area contributed by atoms with Crippen molar-refractivity contribution in [2.75, 3.05) is 31.1 Å². The van der Waals surface area contributed by atoms with E-state index in [2.05, 4.69) is 0 Å². The molecule has 1 amide bonds. The number of hydrogen-bond acceptors (Lipinski definition) is 4. The fourth-order valence-electron chi connectivity index (χ4n) is 2.62. The van der Waals surface area contributed by atoms with Gasteiger partial charge in [0.1, 0.15) is 0 Å². The summed E-state index contributed by atoms with van der Waals surface area (Å²) in [6, 6.07) is 4.47. The number of carbonyl (C=O) groups is 1. The van der Waals surface area contributed by atoms with Crippen LogP contribution in [0.4, 0.5) is 18.9 Å². The first-order valence-corrected chi connectivity index (χ1v) is 9.09. The number of nitrogens with zero attached hydrogens (tertiary/aromatic N) is 2. The molecule has 2 rings (SSSR count). The fourth-order valence-corrected chi connectivity index (χ4v) is 3.38. The van der Waals surface area contributed by atoms with Crippen molar-refractivity contribution in [1.82, 2.24) is 4.90 Å². The molecule has 9 heteroatoms. The lowest BCUT2D eigenvalue weighted by atomic mass is 10.2. The maximum atomic E-state index is 12.5. The Bertz CT molecular complexity index is 687. The van der Waals surface area contributed by atoms with Gasteiger partial charge in [0, 0.05) is 25.3 Å². The quantitative estimate of drug-likeness (QED) is 0.823. The van der Waals surface area contributed by atoms with Crippen molar-refractivity contribution >= 4 is 21.4 Å². The van der Waals surface area contributed by atoms with Crippen LogP contribution in [0.3, 0.4) is 0 Å². The van der Waals surface area contributed by atoms with Crippen LogP contribution in [0.5, 0.6) is 0 Å². The maximum absolute atomic E-state index is 12.5. The minimum absolute atomic E-state index is 0.0404. The number of sulfone groups is 1. The van der Waals surface area contributed by atoms with Crippen LogP contribution in [0.1, 0.15) is 19.8 Å². The summed E-state index contributed by atoms with van der Waals surface area (Å²) in [6.07, 6.45) is 1.60. The number of halogens is 3. The third-order valence-corrected chi connectivity index (χ3v) is 5.35. The van der Waals surface area contributed by atoms with Crippen molar-refractivity contribution in [3.63, 3.8) is 0 Å². The minimum atomic E-state index is -5.35. The molecule has 5 nitrogen and oxygen atoms in total. The predicted octanol–water partition coefficient (Wildman–Crippen LogP) is 2.43. The molecule has 1 aliphatic heterocycles. The molecule has 1 saturated heterocycles. The highest BCUT2D eigenvalue weighted by molar-refractivity contribution is 7.92. The van der Waals surface area contributed by atoms with E-state index in [1.54, 1.807) is 9.80 Å². The van der Waals surface area contributed by atoms with E-state index in [4.69, 9.17) is 0 Å². The van der Waals surface area contributed by atoms with Crippen molar-refractivity contribution in [3.8, 4) is 0 Å². The first-order valence-electron chi connectivity index (χ1n) is 7.61. The predicted molar refractivity (Wildman–Crippen MR) is 83.4 cm³/mol. The van der Waals surface area contributed by atoms with Gasteiger partial charge < -0.3 is 9.80 Å². The van der Waals surface area contributed by atoms with Crippen LogP contribution in [0.25, 0.3) is 0 Å². The maximum Gasteiger partial charge on any atom is 0.501 e. The van der Waals surface area contributed by atoms with Crippen LogP contribution in [0.15, 0.2) is 29.2 Å². The Balaban J connectivity index is 2.18. The Morgan fingerprint density at radius 3 is 2.29 bits per heavy atom. The average molecular weight is 364 g/mol. The van der Waals surface area contributed by atoms with Gasteiger partial charge in [-0.3, -0.25) is 4.79 Å².